The number of hydrogen-bond acceptors (Lipinski definition) is 3. The molecule has 18 heavy (non-hydrogen) atoms. The number of halogens is 2. The van der Waals surface area contributed by atoms with Crippen LogP contribution in [-0.4, -0.2) is 9.97 Å². The number of hydrogen-bond donors (Lipinski definition) is 1. The Kier molecular flexibility index (Phi) is 4.04. The molecule has 0 spiro atoms. The number of nitrogens with zero attached hydrogens (tertiary/aromatic N) is 2. The molecule has 0 fully saturated rings. The number of aryl methyl sites for hydroxylation is 1. The number of anilines is 2. The Bertz CT molecular complexity index is 550. The SMILES string of the molecule is CCc1c(Cl)ncnc1Nc1c(C)cccc1Cl. The molecule has 94 valence electrons. The predicted molar refractivity (Wildman–Crippen MR) is 75.9 cm³/mol. The number of nitrogens with one attached hydrogen (secondary N) is 1. The third-order valence-corrected chi connectivity index (χ3v) is 3.35. The third-order valence-electron chi connectivity index (χ3n) is 2.71. The average Bonchev–Trinajstić information content (AvgIpc) is 2.34. The third kappa shape index (κ3) is 2.57. The molecule has 0 saturated heterocycles. The quantitative estimate of drug-likeness (QED) is 0.848. The van der Waals surface area contributed by atoms with Crippen LogP contribution in [0.2, 0.25) is 10.2 Å². The van der Waals surface area contributed by atoms with Crippen LogP contribution in [0.3, 0.4) is 0 Å². The maximum Gasteiger partial charge on any atom is 0.138 e. The Labute approximate surface area is 116 Å². The molecule has 0 bridgehead atoms. The molecule has 0 aliphatic heterocycles. The Morgan fingerprint density at radius 3 is 2.67 bits per heavy atom. The fourth-order valence-electron chi connectivity index (χ4n) is 1.72. The van der Waals surface area contributed by atoms with Crippen LogP contribution in [0.15, 0.2) is 24.5 Å². The number of para-hydroxylation sites is 1. The summed E-state index contributed by atoms with van der Waals surface area (Å²) < 4.78 is 0. The Morgan fingerprint density at radius 2 is 2.00 bits per heavy atom. The van der Waals surface area contributed by atoms with E-state index in [0.717, 1.165) is 23.2 Å². The van der Waals surface area contributed by atoms with E-state index in [9.17, 15) is 0 Å². The second kappa shape index (κ2) is 5.55. The lowest BCUT2D eigenvalue weighted by molar-refractivity contribution is 1.05. The summed E-state index contributed by atoms with van der Waals surface area (Å²) in [5, 5.41) is 4.36. The molecule has 5 heteroatoms. The molecule has 0 radical (unpaired) electrons. The molecule has 1 heterocycles. The van der Waals surface area contributed by atoms with Crippen LogP contribution in [0.4, 0.5) is 11.5 Å². The molecule has 3 nitrogen and oxygen atoms in total. The lowest BCUT2D eigenvalue weighted by Gasteiger charge is -2.13. The second-order valence-corrected chi connectivity index (χ2v) is 4.67. The highest BCUT2D eigenvalue weighted by molar-refractivity contribution is 6.33. The smallest absolute Gasteiger partial charge is 0.138 e. The molecule has 0 saturated carbocycles. The first-order valence-corrected chi connectivity index (χ1v) is 6.40. The van der Waals surface area contributed by atoms with Crippen LogP contribution in [0, 0.1) is 6.92 Å². The van der Waals surface area contributed by atoms with E-state index < -0.39 is 0 Å². The maximum absolute atomic E-state index is 6.18. The first kappa shape index (κ1) is 13.1. The van der Waals surface area contributed by atoms with Crippen molar-refractivity contribution in [3.05, 3.63) is 45.8 Å². The van der Waals surface area contributed by atoms with Crippen LogP contribution in [0.25, 0.3) is 0 Å². The summed E-state index contributed by atoms with van der Waals surface area (Å²) in [6, 6.07) is 5.74. The van der Waals surface area contributed by atoms with E-state index in [1.54, 1.807) is 0 Å². The highest BCUT2D eigenvalue weighted by Gasteiger charge is 2.10. The summed E-state index contributed by atoms with van der Waals surface area (Å²) in [4.78, 5) is 8.20. The van der Waals surface area contributed by atoms with Gasteiger partial charge in [-0.25, -0.2) is 9.97 Å². The minimum absolute atomic E-state index is 0.472. The Morgan fingerprint density at radius 1 is 1.22 bits per heavy atom. The standard InChI is InChI=1S/C13H13Cl2N3/c1-3-9-12(15)16-7-17-13(9)18-11-8(2)5-4-6-10(11)14/h4-7H,3H2,1-2H3,(H,16,17,18). The fourth-order valence-corrected chi connectivity index (χ4v) is 2.26. The van der Waals surface area contributed by atoms with Crippen LogP contribution < -0.4 is 5.32 Å². The van der Waals surface area contributed by atoms with E-state index >= 15 is 0 Å². The number of rotatable bonds is 3. The topological polar surface area (TPSA) is 37.8 Å². The predicted octanol–water partition coefficient (Wildman–Crippen LogP) is 4.40. The molecule has 2 rings (SSSR count). The normalized spacial score (nSPS) is 10.4. The van der Waals surface area contributed by atoms with Crippen LogP contribution in [0.1, 0.15) is 18.1 Å². The van der Waals surface area contributed by atoms with Crippen molar-refractivity contribution >= 4 is 34.7 Å². The summed E-state index contributed by atoms with van der Waals surface area (Å²) >= 11 is 12.2. The molecule has 2 aromatic rings. The van der Waals surface area contributed by atoms with Gasteiger partial charge in [-0.15, -0.1) is 0 Å². The van der Waals surface area contributed by atoms with E-state index in [4.69, 9.17) is 23.2 Å². The highest BCUT2D eigenvalue weighted by atomic mass is 35.5. The number of benzene rings is 1. The minimum atomic E-state index is 0.472. The lowest BCUT2D eigenvalue weighted by Crippen LogP contribution is -2.02. The fraction of sp³-hybridized carbons (Fsp3) is 0.231. The molecule has 1 aromatic heterocycles. The molecule has 1 N–H and O–H groups in total. The van der Waals surface area contributed by atoms with Gasteiger partial charge in [0.1, 0.15) is 17.3 Å². The minimum Gasteiger partial charge on any atom is -0.338 e. The van der Waals surface area contributed by atoms with Crippen molar-refractivity contribution in [3.63, 3.8) is 0 Å². The van der Waals surface area contributed by atoms with E-state index in [0.29, 0.717) is 16.0 Å². The van der Waals surface area contributed by atoms with Gasteiger partial charge in [-0.1, -0.05) is 42.3 Å². The highest BCUT2D eigenvalue weighted by Crippen LogP contribution is 2.30. The summed E-state index contributed by atoms with van der Waals surface area (Å²) in [6.45, 7) is 4.00. The summed E-state index contributed by atoms with van der Waals surface area (Å²) in [5.74, 6) is 0.703. The molecule has 0 aliphatic carbocycles. The molecule has 0 atom stereocenters. The first-order valence-electron chi connectivity index (χ1n) is 5.65. The zero-order valence-electron chi connectivity index (χ0n) is 10.2. The van der Waals surface area contributed by atoms with Gasteiger partial charge in [-0.05, 0) is 25.0 Å². The van der Waals surface area contributed by atoms with Gasteiger partial charge < -0.3 is 5.32 Å². The van der Waals surface area contributed by atoms with Gasteiger partial charge >= 0.3 is 0 Å². The van der Waals surface area contributed by atoms with Crippen molar-refractivity contribution in [2.75, 3.05) is 5.32 Å². The Balaban J connectivity index is 2.43. The molecule has 1 aromatic carbocycles. The second-order valence-electron chi connectivity index (χ2n) is 3.90. The van der Waals surface area contributed by atoms with Gasteiger partial charge in [-0.2, -0.15) is 0 Å². The summed E-state index contributed by atoms with van der Waals surface area (Å²) in [6.07, 6.45) is 2.20. The van der Waals surface area contributed by atoms with Crippen molar-refractivity contribution in [2.45, 2.75) is 20.3 Å². The average molecular weight is 282 g/mol. The van der Waals surface area contributed by atoms with Crippen LogP contribution in [-0.2, 0) is 6.42 Å². The zero-order valence-corrected chi connectivity index (χ0v) is 11.7. The van der Waals surface area contributed by atoms with Gasteiger partial charge in [0.25, 0.3) is 0 Å². The first-order chi connectivity index (χ1) is 8.63. The van der Waals surface area contributed by atoms with Crippen molar-refractivity contribution in [3.8, 4) is 0 Å². The largest absolute Gasteiger partial charge is 0.338 e. The number of aromatic nitrogens is 2. The van der Waals surface area contributed by atoms with Crippen molar-refractivity contribution in [1.82, 2.24) is 9.97 Å². The van der Waals surface area contributed by atoms with Gasteiger partial charge in [0.15, 0.2) is 0 Å². The van der Waals surface area contributed by atoms with Crippen molar-refractivity contribution in [2.24, 2.45) is 0 Å². The van der Waals surface area contributed by atoms with E-state index in [-0.39, 0.29) is 0 Å². The summed E-state index contributed by atoms with van der Waals surface area (Å²) in [5.41, 5.74) is 2.79. The zero-order chi connectivity index (χ0) is 13.1. The van der Waals surface area contributed by atoms with Gasteiger partial charge in [0.05, 0.1) is 10.7 Å². The van der Waals surface area contributed by atoms with Gasteiger partial charge in [0, 0.05) is 5.56 Å². The maximum atomic E-state index is 6.18. The lowest BCUT2D eigenvalue weighted by atomic mass is 10.2. The molecule has 0 aliphatic rings. The monoisotopic (exact) mass is 281 g/mol. The van der Waals surface area contributed by atoms with Crippen LogP contribution in [0.5, 0.6) is 0 Å². The van der Waals surface area contributed by atoms with E-state index in [1.165, 1.54) is 6.33 Å². The molecule has 0 amide bonds. The Hall–Kier alpha value is -1.32. The molecular formula is C13H13Cl2N3. The summed E-state index contributed by atoms with van der Waals surface area (Å²) in [7, 11) is 0. The van der Waals surface area contributed by atoms with Gasteiger partial charge in [-0.3, -0.25) is 0 Å². The van der Waals surface area contributed by atoms with E-state index in [2.05, 4.69) is 15.3 Å². The van der Waals surface area contributed by atoms with Gasteiger partial charge in [0.2, 0.25) is 0 Å². The molecule has 0 unspecified atom stereocenters. The molecular weight excluding hydrogens is 269 g/mol. The van der Waals surface area contributed by atoms with Crippen LogP contribution >= 0.6 is 23.2 Å². The van der Waals surface area contributed by atoms with Crippen molar-refractivity contribution < 1.29 is 0 Å². The van der Waals surface area contributed by atoms with E-state index in [1.807, 2.05) is 32.0 Å². The van der Waals surface area contributed by atoms with Crippen molar-refractivity contribution in [1.29, 1.82) is 0 Å².